The van der Waals surface area contributed by atoms with Crippen LogP contribution in [0.25, 0.3) is 0 Å². The number of carbonyl (C=O) groups is 1. The van der Waals surface area contributed by atoms with Crippen LogP contribution in [-0.2, 0) is 25.8 Å². The summed E-state index contributed by atoms with van der Waals surface area (Å²) < 4.78 is 0. The van der Waals surface area contributed by atoms with Crippen molar-refractivity contribution in [1.29, 1.82) is 0 Å². The third kappa shape index (κ3) is 5.13. The Labute approximate surface area is 193 Å². The van der Waals surface area contributed by atoms with Crippen LogP contribution in [0.1, 0.15) is 53.4 Å². The van der Waals surface area contributed by atoms with Crippen LogP contribution in [0.3, 0.4) is 0 Å². The highest BCUT2D eigenvalue weighted by Crippen LogP contribution is 2.30. The van der Waals surface area contributed by atoms with Crippen LogP contribution < -0.4 is 10.6 Å². The average Bonchev–Trinajstić information content (AvgIpc) is 3.29. The number of nitrogens with zero attached hydrogens (tertiary/aromatic N) is 5. The summed E-state index contributed by atoms with van der Waals surface area (Å²) in [6.07, 6.45) is 5.56. The first-order valence-electron chi connectivity index (χ1n) is 11.8. The molecule has 0 saturated carbocycles. The summed E-state index contributed by atoms with van der Waals surface area (Å²) in [6, 6.07) is 12.6. The molecule has 5 rings (SSSR count). The Hall–Kier alpha value is -3.49. The van der Waals surface area contributed by atoms with Gasteiger partial charge >= 0.3 is 6.03 Å². The SMILES string of the molecule is O=C(NCCCc1ccc2c(n1)NCCC2)N1CCC(Cc2nn[nH]n2)c2ccccc2C1. The van der Waals surface area contributed by atoms with Gasteiger partial charge in [-0.05, 0) is 60.8 Å². The van der Waals surface area contributed by atoms with Gasteiger partial charge in [0.25, 0.3) is 0 Å². The third-order valence-corrected chi connectivity index (χ3v) is 6.55. The van der Waals surface area contributed by atoms with Gasteiger partial charge in [0.1, 0.15) is 5.82 Å². The molecular weight excluding hydrogens is 416 g/mol. The smallest absolute Gasteiger partial charge is 0.317 e. The number of aryl methyl sites for hydroxylation is 2. The number of amides is 2. The van der Waals surface area contributed by atoms with Crippen molar-refractivity contribution in [3.63, 3.8) is 0 Å². The highest BCUT2D eigenvalue weighted by atomic mass is 16.2. The van der Waals surface area contributed by atoms with Gasteiger partial charge in [-0.1, -0.05) is 35.5 Å². The quantitative estimate of drug-likeness (QED) is 0.502. The molecule has 2 aliphatic heterocycles. The number of hydrogen-bond acceptors (Lipinski definition) is 6. The van der Waals surface area contributed by atoms with Gasteiger partial charge in [0.05, 0.1) is 0 Å². The number of benzene rings is 1. The first-order chi connectivity index (χ1) is 16.3. The number of rotatable bonds is 6. The number of pyridine rings is 1. The number of anilines is 1. The highest BCUT2D eigenvalue weighted by Gasteiger charge is 2.25. The molecule has 1 atom stereocenters. The van der Waals surface area contributed by atoms with Crippen molar-refractivity contribution in [2.24, 2.45) is 0 Å². The molecule has 2 aromatic heterocycles. The second-order valence-electron chi connectivity index (χ2n) is 8.81. The second kappa shape index (κ2) is 9.97. The Morgan fingerprint density at radius 2 is 2.12 bits per heavy atom. The standard InChI is InChI=1S/C24H30N8O/c33-24(26-13-4-7-20-10-9-17-6-3-12-25-23(17)27-20)32-14-11-18(15-22-28-30-31-29-22)21-8-2-1-5-19(21)16-32/h1-2,5,8-10,18H,3-4,6-7,11-16H2,(H,25,27)(H,26,33)(H,28,29,30,31). The number of carbonyl (C=O) groups excluding carboxylic acids is 1. The maximum atomic E-state index is 12.9. The van der Waals surface area contributed by atoms with Gasteiger partial charge in [0.2, 0.25) is 0 Å². The van der Waals surface area contributed by atoms with Crippen LogP contribution in [0.4, 0.5) is 10.6 Å². The Bertz CT molecular complexity index is 1080. The van der Waals surface area contributed by atoms with E-state index in [0.717, 1.165) is 43.7 Å². The first-order valence-corrected chi connectivity index (χ1v) is 11.8. The number of aromatic amines is 1. The van der Waals surface area contributed by atoms with E-state index < -0.39 is 0 Å². The Kier molecular flexibility index (Phi) is 6.46. The summed E-state index contributed by atoms with van der Waals surface area (Å²) in [7, 11) is 0. The largest absolute Gasteiger partial charge is 0.370 e. The summed E-state index contributed by atoms with van der Waals surface area (Å²) in [4.78, 5) is 19.6. The van der Waals surface area contributed by atoms with Gasteiger partial charge in [0, 0.05) is 38.3 Å². The number of nitrogens with one attached hydrogen (secondary N) is 3. The van der Waals surface area contributed by atoms with Crippen LogP contribution in [0.5, 0.6) is 0 Å². The molecule has 9 heteroatoms. The minimum absolute atomic E-state index is 0.00918. The predicted octanol–water partition coefficient (Wildman–Crippen LogP) is 2.83. The normalized spacial score (nSPS) is 17.5. The van der Waals surface area contributed by atoms with Crippen LogP contribution >= 0.6 is 0 Å². The van der Waals surface area contributed by atoms with E-state index in [0.29, 0.717) is 31.9 Å². The third-order valence-electron chi connectivity index (χ3n) is 6.55. The summed E-state index contributed by atoms with van der Waals surface area (Å²) in [6.45, 7) is 2.94. The van der Waals surface area contributed by atoms with Crippen molar-refractivity contribution in [2.45, 2.75) is 51.0 Å². The van der Waals surface area contributed by atoms with Crippen molar-refractivity contribution < 1.29 is 4.79 Å². The summed E-state index contributed by atoms with van der Waals surface area (Å²) in [5.41, 5.74) is 4.83. The minimum atomic E-state index is -0.00918. The molecule has 0 bridgehead atoms. The molecule has 172 valence electrons. The van der Waals surface area contributed by atoms with Gasteiger partial charge in [0.15, 0.2) is 5.82 Å². The van der Waals surface area contributed by atoms with Crippen LogP contribution in [0.15, 0.2) is 36.4 Å². The monoisotopic (exact) mass is 446 g/mol. The van der Waals surface area contributed by atoms with Crippen LogP contribution in [0, 0.1) is 0 Å². The molecule has 0 aliphatic carbocycles. The van der Waals surface area contributed by atoms with E-state index in [1.54, 1.807) is 0 Å². The lowest BCUT2D eigenvalue weighted by molar-refractivity contribution is 0.195. The van der Waals surface area contributed by atoms with E-state index in [2.05, 4.69) is 61.6 Å². The number of fused-ring (bicyclic) bond motifs is 2. The van der Waals surface area contributed by atoms with Crippen molar-refractivity contribution in [1.82, 2.24) is 35.8 Å². The van der Waals surface area contributed by atoms with Crippen molar-refractivity contribution in [3.8, 4) is 0 Å². The summed E-state index contributed by atoms with van der Waals surface area (Å²) >= 11 is 0. The fraction of sp³-hybridized carbons (Fsp3) is 0.458. The van der Waals surface area contributed by atoms with Gasteiger partial charge in [-0.3, -0.25) is 0 Å². The molecule has 2 amide bonds. The molecule has 33 heavy (non-hydrogen) atoms. The van der Waals surface area contributed by atoms with E-state index in [1.165, 1.54) is 23.1 Å². The average molecular weight is 447 g/mol. The van der Waals surface area contributed by atoms with E-state index >= 15 is 0 Å². The number of H-pyrrole nitrogens is 1. The van der Waals surface area contributed by atoms with E-state index in [4.69, 9.17) is 4.98 Å². The van der Waals surface area contributed by atoms with Crippen LogP contribution in [-0.4, -0.2) is 56.2 Å². The number of aromatic nitrogens is 5. The van der Waals surface area contributed by atoms with E-state index in [-0.39, 0.29) is 11.9 Å². The Morgan fingerprint density at radius 1 is 1.18 bits per heavy atom. The topological polar surface area (TPSA) is 112 Å². The van der Waals surface area contributed by atoms with E-state index in [9.17, 15) is 4.79 Å². The second-order valence-corrected chi connectivity index (χ2v) is 8.81. The molecule has 3 aromatic rings. The van der Waals surface area contributed by atoms with E-state index in [1.807, 2.05) is 11.0 Å². The Morgan fingerprint density at radius 3 is 3.03 bits per heavy atom. The molecule has 1 unspecified atom stereocenters. The highest BCUT2D eigenvalue weighted by molar-refractivity contribution is 5.74. The molecular formula is C24H30N8O. The molecule has 9 nitrogen and oxygen atoms in total. The van der Waals surface area contributed by atoms with Gasteiger partial charge in [-0.15, -0.1) is 10.2 Å². The summed E-state index contributed by atoms with van der Waals surface area (Å²) in [5.74, 6) is 2.00. The first kappa shape index (κ1) is 21.4. The van der Waals surface area contributed by atoms with Gasteiger partial charge in [-0.25, -0.2) is 9.78 Å². The molecule has 3 N–H and O–H groups in total. The van der Waals surface area contributed by atoms with Gasteiger partial charge in [-0.2, -0.15) is 5.21 Å². The zero-order valence-electron chi connectivity index (χ0n) is 18.8. The number of tetrazole rings is 1. The van der Waals surface area contributed by atoms with Gasteiger partial charge < -0.3 is 15.5 Å². The lowest BCUT2D eigenvalue weighted by atomic mass is 9.90. The molecule has 1 aromatic carbocycles. The molecule has 0 spiro atoms. The van der Waals surface area contributed by atoms with Crippen molar-refractivity contribution in [3.05, 3.63) is 64.6 Å². The zero-order valence-corrected chi connectivity index (χ0v) is 18.8. The molecule has 0 radical (unpaired) electrons. The van der Waals surface area contributed by atoms with Crippen molar-refractivity contribution >= 4 is 11.8 Å². The maximum absolute atomic E-state index is 12.9. The number of hydrogen-bond donors (Lipinski definition) is 3. The van der Waals surface area contributed by atoms with Crippen LogP contribution in [0.2, 0.25) is 0 Å². The lowest BCUT2D eigenvalue weighted by Crippen LogP contribution is -2.40. The Balaban J connectivity index is 1.15. The fourth-order valence-electron chi connectivity index (χ4n) is 4.79. The minimum Gasteiger partial charge on any atom is -0.370 e. The van der Waals surface area contributed by atoms with Crippen molar-refractivity contribution in [2.75, 3.05) is 25.0 Å². The maximum Gasteiger partial charge on any atom is 0.317 e. The lowest BCUT2D eigenvalue weighted by Gasteiger charge is -2.21. The summed E-state index contributed by atoms with van der Waals surface area (Å²) in [5, 5.41) is 20.9. The molecule has 0 fully saturated rings. The predicted molar refractivity (Wildman–Crippen MR) is 125 cm³/mol. The molecule has 0 saturated heterocycles. The molecule has 4 heterocycles. The fourth-order valence-corrected chi connectivity index (χ4v) is 4.79. The number of urea groups is 1. The molecule has 2 aliphatic rings. The zero-order chi connectivity index (χ0) is 22.5.